The standard InChI is InChI=1S/C28H29N3O6/c1-29-22-9-8-18(12-23(22)30(2)28(29)35)21(14-25(33)36-3)27-26(34)24(32)13-20(37-27)16-31-11-10-17-6-4-5-7-19(17)15-31/h4-9,12-13,21,34H,10-11,14-16H2,1-3H3/t21-/m0/s1. The largest absolute Gasteiger partial charge is 0.502 e. The van der Waals surface area contributed by atoms with Gasteiger partial charge in [-0.3, -0.25) is 23.6 Å². The molecule has 5 rings (SSSR count). The van der Waals surface area contributed by atoms with Crippen LogP contribution in [0.4, 0.5) is 0 Å². The highest BCUT2D eigenvalue weighted by molar-refractivity contribution is 5.78. The van der Waals surface area contributed by atoms with E-state index in [4.69, 9.17) is 9.15 Å². The smallest absolute Gasteiger partial charge is 0.328 e. The number of carbonyl (C=O) groups excluding carboxylic acids is 1. The Morgan fingerprint density at radius 3 is 2.54 bits per heavy atom. The zero-order valence-electron chi connectivity index (χ0n) is 21.1. The Morgan fingerprint density at radius 2 is 1.78 bits per heavy atom. The third kappa shape index (κ3) is 4.58. The number of aromatic nitrogens is 2. The number of methoxy groups -OCH3 is 1. The van der Waals surface area contributed by atoms with E-state index in [9.17, 15) is 19.5 Å². The lowest BCUT2D eigenvalue weighted by Crippen LogP contribution is -2.30. The van der Waals surface area contributed by atoms with Gasteiger partial charge in [-0.25, -0.2) is 4.79 Å². The van der Waals surface area contributed by atoms with Crippen molar-refractivity contribution in [3.8, 4) is 5.75 Å². The Balaban J connectivity index is 1.54. The van der Waals surface area contributed by atoms with Gasteiger partial charge in [0.1, 0.15) is 5.76 Å². The number of fused-ring (bicyclic) bond motifs is 2. The quantitative estimate of drug-likeness (QED) is 0.403. The minimum Gasteiger partial charge on any atom is -0.502 e. The Hall–Kier alpha value is -4.11. The van der Waals surface area contributed by atoms with Gasteiger partial charge in [0.2, 0.25) is 11.2 Å². The summed E-state index contributed by atoms with van der Waals surface area (Å²) in [6.45, 7) is 1.91. The van der Waals surface area contributed by atoms with Crippen LogP contribution in [-0.2, 0) is 43.1 Å². The molecule has 2 aromatic carbocycles. The van der Waals surface area contributed by atoms with Crippen molar-refractivity contribution in [2.45, 2.75) is 31.8 Å². The van der Waals surface area contributed by atoms with Crippen LogP contribution in [0.3, 0.4) is 0 Å². The lowest BCUT2D eigenvalue weighted by molar-refractivity contribution is -0.140. The zero-order valence-corrected chi connectivity index (χ0v) is 21.1. The molecule has 0 amide bonds. The van der Waals surface area contributed by atoms with Crippen molar-refractivity contribution in [2.75, 3.05) is 13.7 Å². The molecule has 2 aromatic heterocycles. The molecule has 1 aliphatic rings. The predicted molar refractivity (Wildman–Crippen MR) is 138 cm³/mol. The molecule has 0 aliphatic carbocycles. The number of benzene rings is 2. The van der Waals surface area contributed by atoms with Gasteiger partial charge in [-0.05, 0) is 35.2 Å². The summed E-state index contributed by atoms with van der Waals surface area (Å²) in [5.74, 6) is -1.44. The molecule has 192 valence electrons. The van der Waals surface area contributed by atoms with Crippen LogP contribution in [-0.4, -0.2) is 38.8 Å². The summed E-state index contributed by atoms with van der Waals surface area (Å²) in [6, 6.07) is 14.9. The molecule has 3 heterocycles. The van der Waals surface area contributed by atoms with Crippen molar-refractivity contribution >= 4 is 17.0 Å². The van der Waals surface area contributed by atoms with Crippen molar-refractivity contribution in [2.24, 2.45) is 14.1 Å². The van der Waals surface area contributed by atoms with Gasteiger partial charge in [-0.2, -0.15) is 0 Å². The van der Waals surface area contributed by atoms with Gasteiger partial charge < -0.3 is 14.3 Å². The van der Waals surface area contributed by atoms with Gasteiger partial charge in [0.25, 0.3) is 0 Å². The third-order valence-corrected chi connectivity index (χ3v) is 7.20. The number of hydrogen-bond donors (Lipinski definition) is 1. The van der Waals surface area contributed by atoms with E-state index in [1.165, 1.54) is 33.4 Å². The number of nitrogens with zero attached hydrogens (tertiary/aromatic N) is 3. The molecule has 0 saturated heterocycles. The molecule has 1 aliphatic heterocycles. The van der Waals surface area contributed by atoms with Crippen LogP contribution in [0.15, 0.2) is 62.5 Å². The molecule has 9 nitrogen and oxygen atoms in total. The fraction of sp³-hybridized carbons (Fsp3) is 0.321. The summed E-state index contributed by atoms with van der Waals surface area (Å²) < 4.78 is 14.1. The second kappa shape index (κ2) is 9.74. The average Bonchev–Trinajstić information content (AvgIpc) is 3.12. The lowest BCUT2D eigenvalue weighted by atomic mass is 9.91. The molecule has 0 radical (unpaired) electrons. The van der Waals surface area contributed by atoms with Crippen LogP contribution in [0.2, 0.25) is 0 Å². The Morgan fingerprint density at radius 1 is 1.05 bits per heavy atom. The number of ether oxygens (including phenoxy) is 1. The summed E-state index contributed by atoms with van der Waals surface area (Å²) in [6.07, 6.45) is 0.742. The van der Waals surface area contributed by atoms with Gasteiger partial charge in [-0.15, -0.1) is 0 Å². The van der Waals surface area contributed by atoms with Crippen molar-refractivity contribution < 1.29 is 19.1 Å². The lowest BCUT2D eigenvalue weighted by Gasteiger charge is -2.28. The monoisotopic (exact) mass is 503 g/mol. The molecule has 1 atom stereocenters. The SMILES string of the molecule is COC(=O)C[C@@H](c1ccc2c(c1)n(C)c(=O)n2C)c1oc(CN2CCc3ccccc3C2)cc(=O)c1O. The second-order valence-corrected chi connectivity index (χ2v) is 9.50. The summed E-state index contributed by atoms with van der Waals surface area (Å²) in [4.78, 5) is 39.8. The summed E-state index contributed by atoms with van der Waals surface area (Å²) in [5.41, 5.74) is 3.79. The maximum atomic E-state index is 12.8. The van der Waals surface area contributed by atoms with E-state index in [1.807, 2.05) is 12.1 Å². The fourth-order valence-corrected chi connectivity index (χ4v) is 5.13. The van der Waals surface area contributed by atoms with Gasteiger partial charge in [0, 0.05) is 33.3 Å². The van der Waals surface area contributed by atoms with E-state index >= 15 is 0 Å². The van der Waals surface area contributed by atoms with Gasteiger partial charge in [0.15, 0.2) is 5.76 Å². The van der Waals surface area contributed by atoms with E-state index in [2.05, 4.69) is 17.0 Å². The van der Waals surface area contributed by atoms with Gasteiger partial charge in [-0.1, -0.05) is 30.3 Å². The first-order chi connectivity index (χ1) is 17.8. The van der Waals surface area contributed by atoms with Crippen LogP contribution < -0.4 is 11.1 Å². The Bertz CT molecular complexity index is 1610. The number of imidazole rings is 1. The number of aromatic hydroxyl groups is 1. The minimum absolute atomic E-state index is 0.00518. The molecule has 0 spiro atoms. The highest BCUT2D eigenvalue weighted by Gasteiger charge is 2.28. The Labute approximate surface area is 213 Å². The van der Waals surface area contributed by atoms with Crippen LogP contribution in [0.25, 0.3) is 11.0 Å². The third-order valence-electron chi connectivity index (χ3n) is 7.20. The maximum Gasteiger partial charge on any atom is 0.328 e. The van der Waals surface area contributed by atoms with Crippen molar-refractivity contribution in [3.05, 3.63) is 97.4 Å². The van der Waals surface area contributed by atoms with E-state index < -0.39 is 23.1 Å². The normalized spacial score (nSPS) is 14.5. The number of carbonyl (C=O) groups is 1. The molecular formula is C28H29N3O6. The first kappa shape index (κ1) is 24.6. The molecule has 1 N–H and O–H groups in total. The highest BCUT2D eigenvalue weighted by Crippen LogP contribution is 2.35. The maximum absolute atomic E-state index is 12.8. The van der Waals surface area contributed by atoms with Crippen LogP contribution in [0.1, 0.15) is 40.5 Å². The summed E-state index contributed by atoms with van der Waals surface area (Å²) in [5, 5.41) is 10.8. The molecule has 9 heteroatoms. The molecule has 0 bridgehead atoms. The predicted octanol–water partition coefficient (Wildman–Crippen LogP) is 2.79. The fourth-order valence-electron chi connectivity index (χ4n) is 5.13. The number of esters is 1. The van der Waals surface area contributed by atoms with E-state index in [0.29, 0.717) is 23.4 Å². The van der Waals surface area contributed by atoms with E-state index in [1.54, 1.807) is 32.3 Å². The molecule has 0 saturated carbocycles. The first-order valence-electron chi connectivity index (χ1n) is 12.1. The number of rotatable bonds is 6. The van der Waals surface area contributed by atoms with Crippen LogP contribution in [0, 0.1) is 0 Å². The van der Waals surface area contributed by atoms with Crippen LogP contribution in [0.5, 0.6) is 5.75 Å². The van der Waals surface area contributed by atoms with Crippen molar-refractivity contribution in [3.63, 3.8) is 0 Å². The molecule has 0 fully saturated rings. The molecular weight excluding hydrogens is 474 g/mol. The zero-order chi connectivity index (χ0) is 26.3. The van der Waals surface area contributed by atoms with Crippen molar-refractivity contribution in [1.82, 2.24) is 14.0 Å². The van der Waals surface area contributed by atoms with Crippen LogP contribution >= 0.6 is 0 Å². The molecule has 0 unspecified atom stereocenters. The number of aryl methyl sites for hydroxylation is 2. The first-order valence-corrected chi connectivity index (χ1v) is 12.1. The topological polar surface area (TPSA) is 107 Å². The van der Waals surface area contributed by atoms with Gasteiger partial charge in [0.05, 0.1) is 37.0 Å². The van der Waals surface area contributed by atoms with Gasteiger partial charge >= 0.3 is 11.7 Å². The molecule has 4 aromatic rings. The van der Waals surface area contributed by atoms with E-state index in [-0.39, 0.29) is 17.9 Å². The summed E-state index contributed by atoms with van der Waals surface area (Å²) >= 11 is 0. The summed E-state index contributed by atoms with van der Waals surface area (Å²) in [7, 11) is 4.63. The average molecular weight is 504 g/mol. The molecule has 37 heavy (non-hydrogen) atoms. The minimum atomic E-state index is -0.790. The second-order valence-electron chi connectivity index (χ2n) is 9.50. The highest BCUT2D eigenvalue weighted by atomic mass is 16.5. The van der Waals surface area contributed by atoms with E-state index in [0.717, 1.165) is 25.0 Å². The number of hydrogen-bond acceptors (Lipinski definition) is 7. The Kier molecular flexibility index (Phi) is 6.47. The van der Waals surface area contributed by atoms with Crippen molar-refractivity contribution in [1.29, 1.82) is 0 Å².